The standard InChI is InChI=1S/C23H24N2O5/c1-16-6-8-17(9-7-16)23(28)30-18(14-24-10-12-29-13-11-24)15-25-21(26)19-4-2-3-5-20(19)22(25)27/h2-9,18H,10-15H2,1H3. The Labute approximate surface area is 175 Å². The summed E-state index contributed by atoms with van der Waals surface area (Å²) in [6.07, 6.45) is -0.640. The molecule has 2 heterocycles. The summed E-state index contributed by atoms with van der Waals surface area (Å²) in [4.78, 5) is 41.5. The van der Waals surface area contributed by atoms with Crippen LogP contribution in [-0.2, 0) is 9.47 Å². The Balaban J connectivity index is 1.51. The van der Waals surface area contributed by atoms with Crippen molar-refractivity contribution in [3.8, 4) is 0 Å². The van der Waals surface area contributed by atoms with Gasteiger partial charge in [0.25, 0.3) is 11.8 Å². The van der Waals surface area contributed by atoms with E-state index in [4.69, 9.17) is 9.47 Å². The van der Waals surface area contributed by atoms with Crippen LogP contribution in [-0.4, -0.2) is 73.1 Å². The highest BCUT2D eigenvalue weighted by Crippen LogP contribution is 2.23. The van der Waals surface area contributed by atoms with Gasteiger partial charge in [-0.15, -0.1) is 0 Å². The van der Waals surface area contributed by atoms with Gasteiger partial charge in [-0.2, -0.15) is 0 Å². The number of rotatable bonds is 6. The van der Waals surface area contributed by atoms with Crippen LogP contribution >= 0.6 is 0 Å². The number of esters is 1. The second-order valence-electron chi connectivity index (χ2n) is 7.57. The number of nitrogens with zero attached hydrogens (tertiary/aromatic N) is 2. The molecule has 7 nitrogen and oxygen atoms in total. The fourth-order valence-corrected chi connectivity index (χ4v) is 3.72. The Morgan fingerprint density at radius 1 is 0.967 bits per heavy atom. The Morgan fingerprint density at radius 3 is 2.17 bits per heavy atom. The van der Waals surface area contributed by atoms with Crippen molar-refractivity contribution in [3.05, 3.63) is 70.8 Å². The molecule has 2 aliphatic rings. The number of amides is 2. The first-order valence-corrected chi connectivity index (χ1v) is 10.1. The minimum atomic E-state index is -0.640. The third-order valence-electron chi connectivity index (χ3n) is 5.39. The average molecular weight is 408 g/mol. The lowest BCUT2D eigenvalue weighted by Crippen LogP contribution is -2.47. The van der Waals surface area contributed by atoms with Crippen molar-refractivity contribution in [1.29, 1.82) is 0 Å². The second kappa shape index (κ2) is 8.77. The number of morpholine rings is 1. The summed E-state index contributed by atoms with van der Waals surface area (Å²) >= 11 is 0. The SMILES string of the molecule is Cc1ccc(C(=O)OC(CN2CCOCC2)CN2C(=O)c3ccccc3C2=O)cc1. The third kappa shape index (κ3) is 4.27. The number of hydrogen-bond acceptors (Lipinski definition) is 6. The lowest BCUT2D eigenvalue weighted by molar-refractivity contribution is -0.0105. The molecule has 156 valence electrons. The molecular formula is C23H24N2O5. The number of imide groups is 1. The van der Waals surface area contributed by atoms with Crippen LogP contribution in [0.1, 0.15) is 36.6 Å². The van der Waals surface area contributed by atoms with Gasteiger partial charge in [0, 0.05) is 19.6 Å². The van der Waals surface area contributed by atoms with Crippen molar-refractivity contribution in [1.82, 2.24) is 9.80 Å². The van der Waals surface area contributed by atoms with Gasteiger partial charge < -0.3 is 9.47 Å². The maximum absolute atomic E-state index is 12.8. The van der Waals surface area contributed by atoms with Gasteiger partial charge in [-0.1, -0.05) is 29.8 Å². The monoisotopic (exact) mass is 408 g/mol. The highest BCUT2D eigenvalue weighted by atomic mass is 16.5. The molecule has 0 radical (unpaired) electrons. The molecule has 2 aliphatic heterocycles. The van der Waals surface area contributed by atoms with Crippen molar-refractivity contribution in [2.45, 2.75) is 13.0 Å². The molecule has 7 heteroatoms. The zero-order chi connectivity index (χ0) is 21.1. The van der Waals surface area contributed by atoms with Crippen LogP contribution in [0.2, 0.25) is 0 Å². The molecule has 2 aromatic rings. The zero-order valence-corrected chi connectivity index (χ0v) is 16.9. The highest BCUT2D eigenvalue weighted by Gasteiger charge is 2.37. The van der Waals surface area contributed by atoms with Gasteiger partial charge in [0.2, 0.25) is 0 Å². The predicted octanol–water partition coefficient (Wildman–Crippen LogP) is 2.15. The van der Waals surface area contributed by atoms with E-state index in [1.807, 2.05) is 19.1 Å². The number of fused-ring (bicyclic) bond motifs is 1. The van der Waals surface area contributed by atoms with Gasteiger partial charge in [0.1, 0.15) is 6.10 Å². The maximum Gasteiger partial charge on any atom is 0.338 e. The molecule has 0 aliphatic carbocycles. The maximum atomic E-state index is 12.8. The van der Waals surface area contributed by atoms with E-state index in [0.29, 0.717) is 49.5 Å². The Hall–Kier alpha value is -3.03. The van der Waals surface area contributed by atoms with Gasteiger partial charge in [0.15, 0.2) is 0 Å². The fourth-order valence-electron chi connectivity index (χ4n) is 3.72. The van der Waals surface area contributed by atoms with Crippen LogP contribution in [0.4, 0.5) is 0 Å². The van der Waals surface area contributed by atoms with E-state index in [0.717, 1.165) is 5.56 Å². The van der Waals surface area contributed by atoms with Crippen LogP contribution in [0.5, 0.6) is 0 Å². The average Bonchev–Trinajstić information content (AvgIpc) is 3.00. The zero-order valence-electron chi connectivity index (χ0n) is 16.9. The lowest BCUT2D eigenvalue weighted by Gasteiger charge is -2.31. The van der Waals surface area contributed by atoms with Crippen molar-refractivity contribution >= 4 is 17.8 Å². The molecule has 30 heavy (non-hydrogen) atoms. The summed E-state index contributed by atoms with van der Waals surface area (Å²) in [6.45, 7) is 5.01. The molecule has 0 spiro atoms. The predicted molar refractivity (Wildman–Crippen MR) is 109 cm³/mol. The summed E-state index contributed by atoms with van der Waals surface area (Å²) in [6, 6.07) is 13.9. The van der Waals surface area contributed by atoms with E-state index in [1.54, 1.807) is 36.4 Å². The van der Waals surface area contributed by atoms with Gasteiger partial charge in [0.05, 0.1) is 36.4 Å². The molecule has 0 saturated carbocycles. The Morgan fingerprint density at radius 2 is 1.57 bits per heavy atom. The summed E-state index contributed by atoms with van der Waals surface area (Å²) in [5, 5.41) is 0. The number of carbonyl (C=O) groups excluding carboxylic acids is 3. The number of ether oxygens (including phenoxy) is 2. The summed E-state index contributed by atoms with van der Waals surface area (Å²) < 4.78 is 11.2. The first kappa shape index (κ1) is 20.3. The van der Waals surface area contributed by atoms with Crippen molar-refractivity contribution in [3.63, 3.8) is 0 Å². The molecular weight excluding hydrogens is 384 g/mol. The quantitative estimate of drug-likeness (QED) is 0.539. The molecule has 4 rings (SSSR count). The smallest absolute Gasteiger partial charge is 0.338 e. The summed E-state index contributed by atoms with van der Waals surface area (Å²) in [5.41, 5.74) is 2.26. The topological polar surface area (TPSA) is 76.2 Å². The molecule has 0 N–H and O–H groups in total. The molecule has 1 atom stereocenters. The van der Waals surface area contributed by atoms with Crippen LogP contribution < -0.4 is 0 Å². The third-order valence-corrected chi connectivity index (χ3v) is 5.39. The number of aryl methyl sites for hydroxylation is 1. The largest absolute Gasteiger partial charge is 0.455 e. The molecule has 1 fully saturated rings. The molecule has 2 aromatic carbocycles. The first-order valence-electron chi connectivity index (χ1n) is 10.1. The summed E-state index contributed by atoms with van der Waals surface area (Å²) in [7, 11) is 0. The van der Waals surface area contributed by atoms with Gasteiger partial charge >= 0.3 is 5.97 Å². The molecule has 2 amide bonds. The molecule has 0 aromatic heterocycles. The normalized spacial score (nSPS) is 17.7. The van der Waals surface area contributed by atoms with Gasteiger partial charge in [-0.25, -0.2) is 4.79 Å². The van der Waals surface area contributed by atoms with E-state index >= 15 is 0 Å². The minimum Gasteiger partial charge on any atom is -0.455 e. The fraction of sp³-hybridized carbons (Fsp3) is 0.348. The number of hydrogen-bond donors (Lipinski definition) is 0. The van der Waals surface area contributed by atoms with Crippen molar-refractivity contribution in [2.24, 2.45) is 0 Å². The van der Waals surface area contributed by atoms with Gasteiger partial charge in [-0.3, -0.25) is 19.4 Å². The molecule has 0 bridgehead atoms. The number of carbonyl (C=O) groups is 3. The lowest BCUT2D eigenvalue weighted by atomic mass is 10.1. The van der Waals surface area contributed by atoms with Crippen LogP contribution in [0, 0.1) is 6.92 Å². The summed E-state index contributed by atoms with van der Waals surface area (Å²) in [5.74, 6) is -1.17. The Bertz CT molecular complexity index is 915. The van der Waals surface area contributed by atoms with E-state index in [1.165, 1.54) is 4.90 Å². The minimum absolute atomic E-state index is 0.0152. The number of benzene rings is 2. The van der Waals surface area contributed by atoms with Crippen LogP contribution in [0.25, 0.3) is 0 Å². The van der Waals surface area contributed by atoms with E-state index in [2.05, 4.69) is 4.90 Å². The van der Waals surface area contributed by atoms with Crippen LogP contribution in [0.3, 0.4) is 0 Å². The molecule has 1 saturated heterocycles. The highest BCUT2D eigenvalue weighted by molar-refractivity contribution is 6.21. The second-order valence-corrected chi connectivity index (χ2v) is 7.57. The van der Waals surface area contributed by atoms with Crippen molar-refractivity contribution in [2.75, 3.05) is 39.4 Å². The van der Waals surface area contributed by atoms with E-state index < -0.39 is 12.1 Å². The van der Waals surface area contributed by atoms with Crippen LogP contribution in [0.15, 0.2) is 48.5 Å². The van der Waals surface area contributed by atoms with E-state index in [-0.39, 0.29) is 18.4 Å². The first-order chi connectivity index (χ1) is 14.5. The van der Waals surface area contributed by atoms with E-state index in [9.17, 15) is 14.4 Å². The Kier molecular flexibility index (Phi) is 5.92. The van der Waals surface area contributed by atoms with Gasteiger partial charge in [-0.05, 0) is 31.2 Å². The molecule has 1 unspecified atom stereocenters. The van der Waals surface area contributed by atoms with Crippen molar-refractivity contribution < 1.29 is 23.9 Å².